The minimum Gasteiger partial charge on any atom is -0.289 e. The van der Waals surface area contributed by atoms with Gasteiger partial charge in [-0.25, -0.2) is 0 Å². The van der Waals surface area contributed by atoms with Crippen LogP contribution in [-0.4, -0.2) is 50.8 Å². The summed E-state index contributed by atoms with van der Waals surface area (Å²) in [4.78, 5) is 5.58. The quantitative estimate of drug-likeness (QED) is 0.372. The molecule has 0 aliphatic carbocycles. The highest BCUT2D eigenvalue weighted by molar-refractivity contribution is 6.56. The second kappa shape index (κ2) is 11.7. The van der Waals surface area contributed by atoms with Gasteiger partial charge in [-0.05, 0) is 71.3 Å². The molecule has 26 heavy (non-hydrogen) atoms. The minimum absolute atomic E-state index is 0.200. The van der Waals surface area contributed by atoms with Crippen LogP contribution in [-0.2, 0) is 0 Å². The van der Waals surface area contributed by atoms with Crippen LogP contribution in [0.1, 0.15) is 72.8 Å². The van der Waals surface area contributed by atoms with E-state index in [0.717, 1.165) is 0 Å². The Morgan fingerprint density at radius 2 is 1.38 bits per heavy atom. The van der Waals surface area contributed by atoms with Gasteiger partial charge in [0.05, 0.1) is 14.8 Å². The highest BCUT2D eigenvalue weighted by Gasteiger charge is 2.36. The smallest absolute Gasteiger partial charge is 0.0959 e. The first kappa shape index (κ1) is 23.1. The number of hydrogen-bond acceptors (Lipinski definition) is 2. The van der Waals surface area contributed by atoms with Gasteiger partial charge in [-0.3, -0.25) is 9.80 Å². The van der Waals surface area contributed by atoms with Crippen molar-refractivity contribution in [3.63, 3.8) is 0 Å². The molecule has 0 N–H and O–H groups in total. The molecule has 0 bridgehead atoms. The molecule has 0 heterocycles. The van der Waals surface area contributed by atoms with E-state index in [9.17, 15) is 0 Å². The van der Waals surface area contributed by atoms with Gasteiger partial charge in [0.25, 0.3) is 0 Å². The van der Waals surface area contributed by atoms with Crippen molar-refractivity contribution in [2.24, 2.45) is 0 Å². The molecule has 1 aromatic carbocycles. The molecule has 1 rings (SSSR count). The number of allylic oxidation sites excluding steroid dienone is 1. The van der Waals surface area contributed by atoms with Gasteiger partial charge in [-0.15, -0.1) is 0 Å². The largest absolute Gasteiger partial charge is 0.289 e. The summed E-state index contributed by atoms with van der Waals surface area (Å²) in [6.07, 6.45) is 4.90. The zero-order chi connectivity index (χ0) is 19.6. The molecule has 0 aliphatic heterocycles. The molecular weight excluding hydrogens is 332 g/mol. The lowest BCUT2D eigenvalue weighted by Gasteiger charge is -2.49. The zero-order valence-electron chi connectivity index (χ0n) is 18.3. The van der Waals surface area contributed by atoms with E-state index < -0.39 is 9.52 Å². The molecule has 0 saturated carbocycles. The fourth-order valence-electron chi connectivity index (χ4n) is 4.02. The van der Waals surface area contributed by atoms with Crippen molar-refractivity contribution in [1.29, 1.82) is 0 Å². The van der Waals surface area contributed by atoms with E-state index in [1.165, 1.54) is 63.0 Å². The summed E-state index contributed by atoms with van der Waals surface area (Å²) >= 11 is 0. The van der Waals surface area contributed by atoms with Crippen LogP contribution in [0.4, 0.5) is 0 Å². The second-order valence-corrected chi connectivity index (χ2v) is 10.4. The van der Waals surface area contributed by atoms with Crippen LogP contribution in [0.2, 0.25) is 0 Å². The monoisotopic (exact) mass is 374 g/mol. The minimum atomic E-state index is -0.513. The molecule has 2 nitrogen and oxygen atoms in total. The first-order valence-corrected chi connectivity index (χ1v) is 12.1. The Bertz CT molecular complexity index is 513. The van der Waals surface area contributed by atoms with Crippen molar-refractivity contribution >= 4 is 20.3 Å². The average Bonchev–Trinajstić information content (AvgIpc) is 2.61. The third-order valence-corrected chi connectivity index (χ3v) is 7.71. The fraction of sp³-hybridized carbons (Fsp3) is 0.652. The SMILES string of the molecule is C=C(C)c1cccc([SiH2]C(C)(N(CCC)CCC)N(CCC)CCC)c1. The van der Waals surface area contributed by atoms with Crippen molar-refractivity contribution in [3.05, 3.63) is 36.4 Å². The van der Waals surface area contributed by atoms with Gasteiger partial charge in [-0.2, -0.15) is 0 Å². The first-order chi connectivity index (χ1) is 12.4. The van der Waals surface area contributed by atoms with Crippen LogP contribution in [0.5, 0.6) is 0 Å². The molecule has 0 aliphatic rings. The van der Waals surface area contributed by atoms with Gasteiger partial charge < -0.3 is 0 Å². The maximum atomic E-state index is 4.15. The van der Waals surface area contributed by atoms with E-state index >= 15 is 0 Å². The van der Waals surface area contributed by atoms with E-state index in [1.54, 1.807) is 5.19 Å². The van der Waals surface area contributed by atoms with Gasteiger partial charge in [0.1, 0.15) is 0 Å². The molecular formula is C23H42N2Si. The van der Waals surface area contributed by atoms with Crippen LogP contribution in [0.25, 0.3) is 5.57 Å². The first-order valence-electron chi connectivity index (χ1n) is 10.7. The summed E-state index contributed by atoms with van der Waals surface area (Å²) in [5.74, 6) is 0. The maximum absolute atomic E-state index is 4.15. The summed E-state index contributed by atoms with van der Waals surface area (Å²) in [6.45, 7) is 22.8. The lowest BCUT2D eigenvalue weighted by molar-refractivity contribution is 0.0163. The van der Waals surface area contributed by atoms with Crippen molar-refractivity contribution in [1.82, 2.24) is 9.80 Å². The van der Waals surface area contributed by atoms with Crippen LogP contribution >= 0.6 is 0 Å². The highest BCUT2D eigenvalue weighted by Crippen LogP contribution is 2.22. The Kier molecular flexibility index (Phi) is 10.4. The molecule has 0 spiro atoms. The van der Waals surface area contributed by atoms with Gasteiger partial charge >= 0.3 is 0 Å². The molecule has 0 amide bonds. The number of rotatable bonds is 13. The maximum Gasteiger partial charge on any atom is 0.0959 e. The predicted octanol–water partition coefficient (Wildman–Crippen LogP) is 4.43. The molecule has 0 atom stereocenters. The van der Waals surface area contributed by atoms with Crippen molar-refractivity contribution < 1.29 is 0 Å². The fourth-order valence-corrected chi connectivity index (χ4v) is 6.45. The van der Waals surface area contributed by atoms with Gasteiger partial charge in [0.2, 0.25) is 0 Å². The van der Waals surface area contributed by atoms with E-state index in [1.807, 2.05) is 0 Å². The Morgan fingerprint density at radius 1 is 0.923 bits per heavy atom. The summed E-state index contributed by atoms with van der Waals surface area (Å²) in [6, 6.07) is 9.17. The number of hydrogen-bond donors (Lipinski definition) is 0. The molecule has 0 fully saturated rings. The topological polar surface area (TPSA) is 6.48 Å². The van der Waals surface area contributed by atoms with Crippen molar-refractivity contribution in [2.75, 3.05) is 26.2 Å². The van der Waals surface area contributed by atoms with Crippen LogP contribution in [0, 0.1) is 0 Å². The predicted molar refractivity (Wildman–Crippen MR) is 122 cm³/mol. The molecule has 0 unspecified atom stereocenters. The molecule has 1 aromatic rings. The van der Waals surface area contributed by atoms with E-state index in [-0.39, 0.29) is 5.29 Å². The number of nitrogens with zero attached hydrogens (tertiary/aromatic N) is 2. The molecule has 0 saturated heterocycles. The second-order valence-electron chi connectivity index (χ2n) is 7.85. The normalized spacial score (nSPS) is 12.6. The van der Waals surface area contributed by atoms with E-state index in [0.29, 0.717) is 0 Å². The summed E-state index contributed by atoms with van der Waals surface area (Å²) in [7, 11) is -0.513. The van der Waals surface area contributed by atoms with Gasteiger partial charge in [0.15, 0.2) is 0 Å². The Labute approximate surface area is 165 Å². The standard InChI is InChI=1S/C23H42N2Si/c1-8-15-24(16-9-2)23(7,25(17-10-3)18-11-4)26-22-14-12-13-21(19-22)20(5)6/h12-14,19H,5,8-11,15-18,26H2,1-4,6-7H3. The molecule has 0 radical (unpaired) electrons. The van der Waals surface area contributed by atoms with Crippen molar-refractivity contribution in [3.8, 4) is 0 Å². The summed E-state index contributed by atoms with van der Waals surface area (Å²) < 4.78 is 0. The van der Waals surface area contributed by atoms with E-state index in [2.05, 4.69) is 82.2 Å². The Morgan fingerprint density at radius 3 is 1.77 bits per heavy atom. The third kappa shape index (κ3) is 6.36. The van der Waals surface area contributed by atoms with Gasteiger partial charge in [-0.1, -0.05) is 69.3 Å². The lowest BCUT2D eigenvalue weighted by Crippen LogP contribution is -2.65. The third-order valence-electron chi connectivity index (χ3n) is 5.30. The van der Waals surface area contributed by atoms with Crippen molar-refractivity contribution in [2.45, 2.75) is 72.5 Å². The summed E-state index contributed by atoms with van der Waals surface area (Å²) in [5.41, 5.74) is 2.47. The Hall–Kier alpha value is -0.903. The summed E-state index contributed by atoms with van der Waals surface area (Å²) in [5, 5.41) is 1.76. The average molecular weight is 375 g/mol. The van der Waals surface area contributed by atoms with E-state index in [4.69, 9.17) is 0 Å². The Balaban J connectivity index is 3.28. The lowest BCUT2D eigenvalue weighted by atomic mass is 10.1. The zero-order valence-corrected chi connectivity index (χ0v) is 19.7. The number of benzene rings is 1. The van der Waals surface area contributed by atoms with Crippen LogP contribution in [0.15, 0.2) is 30.8 Å². The molecule has 0 aromatic heterocycles. The molecule has 3 heteroatoms. The van der Waals surface area contributed by atoms with Crippen LogP contribution < -0.4 is 5.19 Å². The highest BCUT2D eigenvalue weighted by atomic mass is 28.2. The molecule has 148 valence electrons. The van der Waals surface area contributed by atoms with Crippen LogP contribution in [0.3, 0.4) is 0 Å². The van der Waals surface area contributed by atoms with Gasteiger partial charge in [0, 0.05) is 0 Å².